The van der Waals surface area contributed by atoms with Crippen LogP contribution in [0.3, 0.4) is 0 Å². The van der Waals surface area contributed by atoms with Gasteiger partial charge in [-0.25, -0.2) is 0 Å². The van der Waals surface area contributed by atoms with E-state index >= 15 is 0 Å². The first kappa shape index (κ1) is 36.6. The molecule has 1 atom stereocenters. The molecule has 30 heavy (non-hydrogen) atoms. The number of hydrogen-bond acceptors (Lipinski definition) is 3. The van der Waals surface area contributed by atoms with Gasteiger partial charge in [-0.05, 0) is 62.8 Å². The van der Waals surface area contributed by atoms with E-state index in [1.165, 1.54) is 5.56 Å². The fraction of sp³-hybridized carbons (Fsp3) is 0.680. The molecule has 1 aliphatic heterocycles. The summed E-state index contributed by atoms with van der Waals surface area (Å²) in [7, 11) is 0. The molecule has 0 spiro atoms. The molecular weight excluding hydrogens is 447 g/mol. The molecule has 0 bridgehead atoms. The van der Waals surface area contributed by atoms with E-state index in [0.717, 1.165) is 31.5 Å². The van der Waals surface area contributed by atoms with Crippen molar-refractivity contribution < 1.29 is 37.5 Å². The van der Waals surface area contributed by atoms with Crippen molar-refractivity contribution in [1.82, 2.24) is 10.2 Å². The van der Waals surface area contributed by atoms with Crippen LogP contribution in [-0.2, 0) is 37.5 Å². The largest absolute Gasteiger partial charge is 0.354 e. The maximum absolute atomic E-state index is 11.9. The van der Waals surface area contributed by atoms with E-state index in [9.17, 15) is 4.79 Å². The third-order valence-electron chi connectivity index (χ3n) is 4.63. The SMILES string of the molecule is C.C.C.CC(C)CNC(=O)C1CCCN1C(C)C.CC(C)c1cccc(C#N)c1.[Y]. The zero-order valence-corrected chi connectivity index (χ0v) is 20.7. The van der Waals surface area contributed by atoms with Gasteiger partial charge in [0.15, 0.2) is 0 Å². The van der Waals surface area contributed by atoms with Gasteiger partial charge in [-0.3, -0.25) is 9.69 Å². The number of amides is 1. The van der Waals surface area contributed by atoms with Crippen LogP contribution in [0.2, 0.25) is 0 Å². The molecule has 171 valence electrons. The molecule has 1 saturated heterocycles. The van der Waals surface area contributed by atoms with Gasteiger partial charge in [-0.2, -0.15) is 5.26 Å². The minimum Gasteiger partial charge on any atom is -0.354 e. The monoisotopic (exact) mass is 494 g/mol. The Labute approximate surface area is 213 Å². The summed E-state index contributed by atoms with van der Waals surface area (Å²) >= 11 is 0. The van der Waals surface area contributed by atoms with E-state index in [0.29, 0.717) is 17.9 Å². The van der Waals surface area contributed by atoms with Crippen LogP contribution >= 0.6 is 0 Å². The first-order chi connectivity index (χ1) is 12.3. The van der Waals surface area contributed by atoms with Gasteiger partial charge in [0, 0.05) is 45.3 Å². The van der Waals surface area contributed by atoms with Crippen molar-refractivity contribution in [3.63, 3.8) is 0 Å². The van der Waals surface area contributed by atoms with Crippen molar-refractivity contribution >= 4 is 5.91 Å². The van der Waals surface area contributed by atoms with Crippen LogP contribution in [0, 0.1) is 17.2 Å². The maximum Gasteiger partial charge on any atom is 0.237 e. The van der Waals surface area contributed by atoms with Gasteiger partial charge in [-0.1, -0.05) is 62.1 Å². The summed E-state index contributed by atoms with van der Waals surface area (Å²) in [4.78, 5) is 14.2. The van der Waals surface area contributed by atoms with E-state index in [2.05, 4.69) is 57.8 Å². The van der Waals surface area contributed by atoms with E-state index in [1.54, 1.807) is 0 Å². The molecule has 4 nitrogen and oxygen atoms in total. The van der Waals surface area contributed by atoms with Crippen LogP contribution in [0.1, 0.15) is 93.7 Å². The molecule has 1 unspecified atom stereocenters. The Bertz CT molecular complexity index is 609. The van der Waals surface area contributed by atoms with Gasteiger partial charge >= 0.3 is 0 Å². The first-order valence-electron chi connectivity index (χ1n) is 9.79. The molecule has 1 aromatic rings. The van der Waals surface area contributed by atoms with Gasteiger partial charge in [0.25, 0.3) is 0 Å². The smallest absolute Gasteiger partial charge is 0.237 e. The van der Waals surface area contributed by atoms with Crippen LogP contribution < -0.4 is 5.32 Å². The van der Waals surface area contributed by atoms with Crippen molar-refractivity contribution in [3.8, 4) is 6.07 Å². The summed E-state index contributed by atoms with van der Waals surface area (Å²) in [5, 5.41) is 11.6. The van der Waals surface area contributed by atoms with E-state index in [4.69, 9.17) is 5.26 Å². The minimum absolute atomic E-state index is 0. The number of rotatable bonds is 5. The third kappa shape index (κ3) is 12.8. The molecular formula is C25H47N3OY. The average molecular weight is 495 g/mol. The van der Waals surface area contributed by atoms with Crippen LogP contribution in [0.5, 0.6) is 0 Å². The third-order valence-corrected chi connectivity index (χ3v) is 4.63. The molecule has 0 aliphatic carbocycles. The zero-order valence-electron chi connectivity index (χ0n) is 17.8. The topological polar surface area (TPSA) is 56.1 Å². The Balaban J connectivity index is -0.000000205. The van der Waals surface area contributed by atoms with Gasteiger partial charge in [0.1, 0.15) is 0 Å². The fourth-order valence-corrected chi connectivity index (χ4v) is 3.08. The van der Waals surface area contributed by atoms with Crippen LogP contribution in [0.4, 0.5) is 0 Å². The zero-order chi connectivity index (χ0) is 19.7. The number of carbonyl (C=O) groups excluding carboxylic acids is 1. The summed E-state index contributed by atoms with van der Waals surface area (Å²) < 4.78 is 0. The van der Waals surface area contributed by atoms with Crippen LogP contribution in [0.25, 0.3) is 0 Å². The molecule has 0 aromatic heterocycles. The number of likely N-dealkylation sites (tertiary alicyclic amines) is 1. The number of hydrogen-bond donors (Lipinski definition) is 1. The normalized spacial score (nSPS) is 14.9. The molecule has 5 heteroatoms. The number of nitrogens with zero attached hydrogens (tertiary/aromatic N) is 2. The minimum atomic E-state index is 0. The summed E-state index contributed by atoms with van der Waals surface area (Å²) in [5.41, 5.74) is 1.97. The van der Waals surface area contributed by atoms with E-state index < -0.39 is 0 Å². The molecule has 1 N–H and O–H groups in total. The summed E-state index contributed by atoms with van der Waals surface area (Å²) in [6, 6.07) is 10.4. The molecule has 1 radical (unpaired) electrons. The van der Waals surface area contributed by atoms with Crippen molar-refractivity contribution in [1.29, 1.82) is 5.26 Å². The number of benzene rings is 1. The number of carbonyl (C=O) groups is 1. The summed E-state index contributed by atoms with van der Waals surface area (Å²) in [6.45, 7) is 14.7. The Hall–Kier alpha value is -0.756. The first-order valence-corrected chi connectivity index (χ1v) is 9.79. The molecule has 1 fully saturated rings. The maximum atomic E-state index is 11.9. The molecule has 1 aromatic carbocycles. The van der Waals surface area contributed by atoms with Crippen molar-refractivity contribution in [2.24, 2.45) is 5.92 Å². The molecule has 1 aliphatic rings. The Morgan fingerprint density at radius 2 is 1.77 bits per heavy atom. The fourth-order valence-electron chi connectivity index (χ4n) is 3.08. The van der Waals surface area contributed by atoms with E-state index in [1.807, 2.05) is 24.3 Å². The molecule has 1 amide bonds. The molecule has 1 heterocycles. The predicted octanol–water partition coefficient (Wildman–Crippen LogP) is 6.22. The van der Waals surface area contributed by atoms with Gasteiger partial charge in [-0.15, -0.1) is 0 Å². The molecule has 2 rings (SSSR count). The predicted molar refractivity (Wildman–Crippen MR) is 128 cm³/mol. The number of nitriles is 1. The Morgan fingerprint density at radius 3 is 2.23 bits per heavy atom. The summed E-state index contributed by atoms with van der Waals surface area (Å²) in [5.74, 6) is 1.25. The second-order valence-electron chi connectivity index (χ2n) is 8.02. The standard InChI is InChI=1S/C12H24N2O.C10H11N.3CH4.Y/c1-9(2)8-13-12(15)11-6-5-7-14(11)10(3)4;1-8(2)10-5-3-4-9(6-10)7-11;;;;/h9-11H,5-8H2,1-4H3,(H,13,15);3-6,8H,1-2H3;3*1H4;. The second-order valence-corrected chi connectivity index (χ2v) is 8.02. The number of nitrogens with one attached hydrogen (secondary N) is 1. The summed E-state index contributed by atoms with van der Waals surface area (Å²) in [6.07, 6.45) is 2.17. The molecule has 0 saturated carbocycles. The van der Waals surface area contributed by atoms with Crippen molar-refractivity contribution in [2.75, 3.05) is 13.1 Å². The Kier molecular flexibility index (Phi) is 23.1. The van der Waals surface area contributed by atoms with Crippen LogP contribution in [0.15, 0.2) is 24.3 Å². The quantitative estimate of drug-likeness (QED) is 0.529. The van der Waals surface area contributed by atoms with Gasteiger partial charge in [0.2, 0.25) is 5.91 Å². The van der Waals surface area contributed by atoms with Gasteiger partial charge < -0.3 is 5.32 Å². The average Bonchev–Trinajstić information content (AvgIpc) is 3.10. The van der Waals surface area contributed by atoms with Crippen molar-refractivity contribution in [2.45, 2.75) is 94.7 Å². The van der Waals surface area contributed by atoms with Gasteiger partial charge in [0.05, 0.1) is 17.7 Å². The van der Waals surface area contributed by atoms with Crippen LogP contribution in [-0.4, -0.2) is 36.0 Å². The van der Waals surface area contributed by atoms with E-state index in [-0.39, 0.29) is 66.9 Å². The second kappa shape index (κ2) is 19.0. The van der Waals surface area contributed by atoms with Crippen molar-refractivity contribution in [3.05, 3.63) is 35.4 Å². The Morgan fingerprint density at radius 1 is 1.17 bits per heavy atom.